The number of esters is 1. The topological polar surface area (TPSA) is 59.4 Å². The van der Waals surface area contributed by atoms with E-state index < -0.39 is 0 Å². The van der Waals surface area contributed by atoms with Crippen LogP contribution in [0.5, 0.6) is 0 Å². The van der Waals surface area contributed by atoms with Crippen molar-refractivity contribution >= 4 is 5.97 Å². The van der Waals surface area contributed by atoms with Crippen LogP contribution in [0.1, 0.15) is 16.1 Å². The van der Waals surface area contributed by atoms with Gasteiger partial charge in [0, 0.05) is 6.20 Å². The van der Waals surface area contributed by atoms with Crippen LogP contribution in [-0.2, 0) is 11.3 Å². The van der Waals surface area contributed by atoms with Gasteiger partial charge in [-0.1, -0.05) is 12.1 Å². The monoisotopic (exact) mass is 243 g/mol. The van der Waals surface area contributed by atoms with Crippen LogP contribution in [0.2, 0.25) is 0 Å². The molecular weight excluding hydrogens is 230 g/mol. The van der Waals surface area contributed by atoms with E-state index in [1.54, 1.807) is 18.3 Å². The molecule has 0 atom stereocenters. The average Bonchev–Trinajstić information content (AvgIpc) is 2.46. The van der Waals surface area contributed by atoms with E-state index in [9.17, 15) is 4.79 Å². The summed E-state index contributed by atoms with van der Waals surface area (Å²) in [5, 5.41) is 9.03. The van der Waals surface area contributed by atoms with E-state index in [2.05, 4.69) is 9.72 Å². The van der Waals surface area contributed by atoms with Crippen molar-refractivity contribution in [3.63, 3.8) is 0 Å². The number of benzene rings is 1. The number of pyridine rings is 1. The molecule has 1 aromatic carbocycles. The van der Waals surface area contributed by atoms with Crippen molar-refractivity contribution in [2.45, 2.75) is 6.61 Å². The third kappa shape index (κ3) is 2.55. The van der Waals surface area contributed by atoms with E-state index in [-0.39, 0.29) is 12.6 Å². The van der Waals surface area contributed by atoms with Crippen LogP contribution in [-0.4, -0.2) is 23.2 Å². The first kappa shape index (κ1) is 12.3. The maximum Gasteiger partial charge on any atom is 0.337 e. The van der Waals surface area contributed by atoms with Gasteiger partial charge in [0.2, 0.25) is 0 Å². The first-order valence-corrected chi connectivity index (χ1v) is 5.49. The number of aliphatic hydroxyl groups excluding tert-OH is 1. The fraction of sp³-hybridized carbons (Fsp3) is 0.143. The van der Waals surface area contributed by atoms with Crippen molar-refractivity contribution in [2.24, 2.45) is 0 Å². The lowest BCUT2D eigenvalue weighted by atomic mass is 10.0. The van der Waals surface area contributed by atoms with E-state index in [0.717, 1.165) is 11.1 Å². The first-order valence-electron chi connectivity index (χ1n) is 5.49. The van der Waals surface area contributed by atoms with Gasteiger partial charge in [-0.15, -0.1) is 0 Å². The highest BCUT2D eigenvalue weighted by molar-refractivity contribution is 5.89. The van der Waals surface area contributed by atoms with Crippen LogP contribution in [0.25, 0.3) is 11.1 Å². The van der Waals surface area contributed by atoms with Gasteiger partial charge in [-0.2, -0.15) is 0 Å². The molecule has 0 aliphatic rings. The summed E-state index contributed by atoms with van der Waals surface area (Å²) in [6.07, 6.45) is 1.65. The molecule has 0 saturated carbocycles. The smallest absolute Gasteiger partial charge is 0.337 e. The molecule has 0 unspecified atom stereocenters. The minimum Gasteiger partial charge on any atom is -0.465 e. The van der Waals surface area contributed by atoms with Gasteiger partial charge in [-0.05, 0) is 35.4 Å². The van der Waals surface area contributed by atoms with Crippen molar-refractivity contribution in [1.82, 2.24) is 4.98 Å². The molecule has 1 N–H and O–H groups in total. The lowest BCUT2D eigenvalue weighted by Crippen LogP contribution is -2.00. The highest BCUT2D eigenvalue weighted by Crippen LogP contribution is 2.20. The molecule has 0 amide bonds. The van der Waals surface area contributed by atoms with Gasteiger partial charge in [0.1, 0.15) is 0 Å². The molecule has 0 spiro atoms. The SMILES string of the molecule is COC(=O)c1ccc(-c2ccnc(CO)c2)cc1. The van der Waals surface area contributed by atoms with E-state index in [0.29, 0.717) is 11.3 Å². The molecular formula is C14H13NO3. The fourth-order valence-electron chi connectivity index (χ4n) is 1.66. The largest absolute Gasteiger partial charge is 0.465 e. The molecule has 0 fully saturated rings. The van der Waals surface area contributed by atoms with Gasteiger partial charge in [-0.25, -0.2) is 4.79 Å². The molecule has 4 heteroatoms. The number of hydrogen-bond acceptors (Lipinski definition) is 4. The normalized spacial score (nSPS) is 10.1. The Morgan fingerprint density at radius 3 is 2.56 bits per heavy atom. The standard InChI is InChI=1S/C14H13NO3/c1-18-14(17)11-4-2-10(3-5-11)12-6-7-15-13(8-12)9-16/h2-8,16H,9H2,1H3. The van der Waals surface area contributed by atoms with Gasteiger partial charge in [0.25, 0.3) is 0 Å². The quantitative estimate of drug-likeness (QED) is 0.838. The summed E-state index contributed by atoms with van der Waals surface area (Å²) in [5.41, 5.74) is 3.03. The van der Waals surface area contributed by atoms with Gasteiger partial charge in [0.05, 0.1) is 25.0 Å². The van der Waals surface area contributed by atoms with Gasteiger partial charge >= 0.3 is 5.97 Å². The molecule has 1 aromatic heterocycles. The Balaban J connectivity index is 2.31. The third-order valence-electron chi connectivity index (χ3n) is 2.62. The maximum atomic E-state index is 11.3. The molecule has 0 aliphatic heterocycles. The van der Waals surface area contributed by atoms with Crippen LogP contribution < -0.4 is 0 Å². The highest BCUT2D eigenvalue weighted by atomic mass is 16.5. The number of methoxy groups -OCH3 is 1. The summed E-state index contributed by atoms with van der Waals surface area (Å²) in [6, 6.07) is 10.8. The minimum absolute atomic E-state index is 0.0892. The van der Waals surface area contributed by atoms with E-state index in [1.807, 2.05) is 24.3 Å². The summed E-state index contributed by atoms with van der Waals surface area (Å²) in [6.45, 7) is -0.0892. The number of nitrogens with zero attached hydrogens (tertiary/aromatic N) is 1. The van der Waals surface area contributed by atoms with Crippen molar-refractivity contribution in [2.75, 3.05) is 7.11 Å². The number of rotatable bonds is 3. The van der Waals surface area contributed by atoms with Crippen molar-refractivity contribution < 1.29 is 14.6 Å². The number of ether oxygens (including phenoxy) is 1. The fourth-order valence-corrected chi connectivity index (χ4v) is 1.66. The predicted octanol–water partition coefficient (Wildman–Crippen LogP) is 2.03. The summed E-state index contributed by atoms with van der Waals surface area (Å²) in [5.74, 6) is -0.354. The third-order valence-corrected chi connectivity index (χ3v) is 2.62. The molecule has 0 bridgehead atoms. The Bertz CT molecular complexity index is 549. The second-order valence-corrected chi connectivity index (χ2v) is 3.76. The van der Waals surface area contributed by atoms with E-state index >= 15 is 0 Å². The minimum atomic E-state index is -0.354. The van der Waals surface area contributed by atoms with Gasteiger partial charge in [0.15, 0.2) is 0 Å². The van der Waals surface area contributed by atoms with Crippen LogP contribution in [0, 0.1) is 0 Å². The number of aromatic nitrogens is 1. The van der Waals surface area contributed by atoms with Gasteiger partial charge in [-0.3, -0.25) is 4.98 Å². The zero-order chi connectivity index (χ0) is 13.0. The van der Waals surface area contributed by atoms with Crippen LogP contribution in [0.4, 0.5) is 0 Å². The lowest BCUT2D eigenvalue weighted by Gasteiger charge is -2.04. The molecule has 0 radical (unpaired) electrons. The zero-order valence-corrected chi connectivity index (χ0v) is 9.96. The Labute approximate surface area is 105 Å². The van der Waals surface area contributed by atoms with E-state index in [4.69, 9.17) is 5.11 Å². The zero-order valence-electron chi connectivity index (χ0n) is 9.96. The molecule has 2 aromatic rings. The van der Waals surface area contributed by atoms with Crippen LogP contribution in [0.3, 0.4) is 0 Å². The lowest BCUT2D eigenvalue weighted by molar-refractivity contribution is 0.0601. The molecule has 0 saturated heterocycles. The van der Waals surface area contributed by atoms with Crippen molar-refractivity contribution in [1.29, 1.82) is 0 Å². The molecule has 4 nitrogen and oxygen atoms in total. The number of carbonyl (C=O) groups is 1. The van der Waals surface area contributed by atoms with Crippen molar-refractivity contribution in [3.8, 4) is 11.1 Å². The number of carbonyl (C=O) groups excluding carboxylic acids is 1. The van der Waals surface area contributed by atoms with Crippen LogP contribution >= 0.6 is 0 Å². The average molecular weight is 243 g/mol. The first-order chi connectivity index (χ1) is 8.74. The Hall–Kier alpha value is -2.20. The second kappa shape index (κ2) is 5.42. The molecule has 2 rings (SSSR count). The summed E-state index contributed by atoms with van der Waals surface area (Å²) in [4.78, 5) is 15.3. The second-order valence-electron chi connectivity index (χ2n) is 3.76. The molecule has 92 valence electrons. The Kier molecular flexibility index (Phi) is 3.69. The number of hydrogen-bond donors (Lipinski definition) is 1. The van der Waals surface area contributed by atoms with Crippen LogP contribution in [0.15, 0.2) is 42.6 Å². The molecule has 18 heavy (non-hydrogen) atoms. The van der Waals surface area contributed by atoms with Crippen molar-refractivity contribution in [3.05, 3.63) is 53.9 Å². The molecule has 0 aliphatic carbocycles. The predicted molar refractivity (Wildman–Crippen MR) is 66.9 cm³/mol. The summed E-state index contributed by atoms with van der Waals surface area (Å²) < 4.78 is 4.64. The summed E-state index contributed by atoms with van der Waals surface area (Å²) >= 11 is 0. The van der Waals surface area contributed by atoms with Gasteiger partial charge < -0.3 is 9.84 Å². The highest BCUT2D eigenvalue weighted by Gasteiger charge is 2.05. The molecule has 1 heterocycles. The number of aliphatic hydroxyl groups is 1. The Morgan fingerprint density at radius 2 is 1.94 bits per heavy atom. The maximum absolute atomic E-state index is 11.3. The summed E-state index contributed by atoms with van der Waals surface area (Å²) in [7, 11) is 1.35. The Morgan fingerprint density at radius 1 is 1.22 bits per heavy atom. The van der Waals surface area contributed by atoms with E-state index in [1.165, 1.54) is 7.11 Å².